The summed E-state index contributed by atoms with van der Waals surface area (Å²) in [5.41, 5.74) is 9.26. The fourth-order valence-corrected chi connectivity index (χ4v) is 2.53. The Bertz CT molecular complexity index is 582. The second-order valence-corrected chi connectivity index (χ2v) is 5.03. The largest absolute Gasteiger partial charge is 0.491 e. The van der Waals surface area contributed by atoms with E-state index in [9.17, 15) is 0 Å². The van der Waals surface area contributed by atoms with E-state index in [-0.39, 0.29) is 0 Å². The van der Waals surface area contributed by atoms with Gasteiger partial charge in [-0.1, -0.05) is 35.9 Å². The number of nitrogen functional groups attached to an aromatic ring is 1. The van der Waals surface area contributed by atoms with Crippen molar-refractivity contribution in [3.63, 3.8) is 0 Å². The maximum absolute atomic E-state index is 5.85. The van der Waals surface area contributed by atoms with Crippen molar-refractivity contribution in [3.8, 4) is 5.75 Å². The van der Waals surface area contributed by atoms with Crippen molar-refractivity contribution in [1.29, 1.82) is 0 Å². The highest BCUT2D eigenvalue weighted by atomic mass is 35.5. The number of nitrogens with two attached hydrogens (primary N) is 1. The molecule has 1 atom stereocenters. The number of benzene rings is 2. The van der Waals surface area contributed by atoms with Crippen LogP contribution in [0.15, 0.2) is 42.5 Å². The molecule has 2 N–H and O–H groups in total. The molecule has 0 saturated heterocycles. The topological polar surface area (TPSA) is 35.2 Å². The van der Waals surface area contributed by atoms with Crippen LogP contribution in [0.4, 0.5) is 5.69 Å². The fraction of sp³-hybridized carbons (Fsp3) is 0.200. The van der Waals surface area contributed by atoms with Crippen molar-refractivity contribution in [3.05, 3.63) is 58.6 Å². The highest BCUT2D eigenvalue weighted by Crippen LogP contribution is 2.35. The molecule has 0 aromatic heterocycles. The van der Waals surface area contributed by atoms with Crippen LogP contribution in [-0.2, 0) is 6.42 Å². The Kier molecular flexibility index (Phi) is 2.88. The van der Waals surface area contributed by atoms with Gasteiger partial charge in [0.15, 0.2) is 0 Å². The van der Waals surface area contributed by atoms with Crippen LogP contribution >= 0.6 is 11.6 Å². The standard InChI is InChI=1S/C15H14ClNO/c16-12-5-6-15(14(17)8-12)18-9-11-7-10-3-1-2-4-13(10)11/h1-6,8,11H,7,9,17H2. The summed E-state index contributed by atoms with van der Waals surface area (Å²) in [6.07, 6.45) is 1.09. The zero-order valence-electron chi connectivity index (χ0n) is 9.90. The van der Waals surface area contributed by atoms with Gasteiger partial charge >= 0.3 is 0 Å². The lowest BCUT2D eigenvalue weighted by Gasteiger charge is -2.30. The van der Waals surface area contributed by atoms with Gasteiger partial charge in [0.05, 0.1) is 12.3 Å². The molecule has 0 aliphatic heterocycles. The van der Waals surface area contributed by atoms with E-state index in [1.807, 2.05) is 6.07 Å². The SMILES string of the molecule is Nc1cc(Cl)ccc1OCC1Cc2ccccc21. The molecule has 0 saturated carbocycles. The van der Waals surface area contributed by atoms with Crippen LogP contribution in [0.25, 0.3) is 0 Å². The monoisotopic (exact) mass is 259 g/mol. The first-order valence-corrected chi connectivity index (χ1v) is 6.37. The summed E-state index contributed by atoms with van der Waals surface area (Å²) in [4.78, 5) is 0. The molecule has 1 aliphatic carbocycles. The first-order valence-electron chi connectivity index (χ1n) is 5.99. The van der Waals surface area contributed by atoms with Crippen molar-refractivity contribution in [2.24, 2.45) is 0 Å². The molecule has 18 heavy (non-hydrogen) atoms. The molecular formula is C15H14ClNO. The van der Waals surface area contributed by atoms with Gasteiger partial charge in [0.1, 0.15) is 5.75 Å². The summed E-state index contributed by atoms with van der Waals surface area (Å²) >= 11 is 5.85. The molecular weight excluding hydrogens is 246 g/mol. The van der Waals surface area contributed by atoms with Gasteiger partial charge in [0.2, 0.25) is 0 Å². The van der Waals surface area contributed by atoms with Crippen LogP contribution in [0.1, 0.15) is 17.0 Å². The number of hydrogen-bond donors (Lipinski definition) is 1. The summed E-state index contributed by atoms with van der Waals surface area (Å²) < 4.78 is 5.77. The van der Waals surface area contributed by atoms with Gasteiger partial charge in [-0.05, 0) is 35.7 Å². The van der Waals surface area contributed by atoms with Crippen molar-refractivity contribution < 1.29 is 4.74 Å². The van der Waals surface area contributed by atoms with Crippen LogP contribution in [0.5, 0.6) is 5.75 Å². The third-order valence-electron chi connectivity index (χ3n) is 3.37. The van der Waals surface area contributed by atoms with E-state index in [0.29, 0.717) is 29.0 Å². The Hall–Kier alpha value is -1.67. The lowest BCUT2D eigenvalue weighted by Crippen LogP contribution is -2.23. The van der Waals surface area contributed by atoms with E-state index in [1.165, 1.54) is 11.1 Å². The Morgan fingerprint density at radius 1 is 1.22 bits per heavy atom. The summed E-state index contributed by atoms with van der Waals surface area (Å²) in [7, 11) is 0. The molecule has 1 unspecified atom stereocenters. The average molecular weight is 260 g/mol. The van der Waals surface area contributed by atoms with Gasteiger partial charge in [-0.3, -0.25) is 0 Å². The minimum atomic E-state index is 0.483. The van der Waals surface area contributed by atoms with E-state index < -0.39 is 0 Å². The zero-order chi connectivity index (χ0) is 12.5. The van der Waals surface area contributed by atoms with Gasteiger partial charge in [-0.15, -0.1) is 0 Å². The van der Waals surface area contributed by atoms with Gasteiger partial charge in [-0.2, -0.15) is 0 Å². The molecule has 0 fully saturated rings. The Labute approximate surface area is 111 Å². The van der Waals surface area contributed by atoms with E-state index in [4.69, 9.17) is 22.1 Å². The number of ether oxygens (including phenoxy) is 1. The molecule has 2 aromatic carbocycles. The van der Waals surface area contributed by atoms with Crippen molar-refractivity contribution in [1.82, 2.24) is 0 Å². The number of hydrogen-bond acceptors (Lipinski definition) is 2. The summed E-state index contributed by atoms with van der Waals surface area (Å²) in [6.45, 7) is 0.669. The highest BCUT2D eigenvalue weighted by Gasteiger charge is 2.25. The van der Waals surface area contributed by atoms with Gasteiger partial charge in [0.25, 0.3) is 0 Å². The summed E-state index contributed by atoms with van der Waals surface area (Å²) in [5.74, 6) is 1.19. The lowest BCUT2D eigenvalue weighted by molar-refractivity contribution is 0.276. The summed E-state index contributed by atoms with van der Waals surface area (Å²) in [6, 6.07) is 13.8. The third kappa shape index (κ3) is 2.04. The zero-order valence-corrected chi connectivity index (χ0v) is 10.7. The predicted molar refractivity (Wildman–Crippen MR) is 74.2 cm³/mol. The molecule has 2 nitrogen and oxygen atoms in total. The Morgan fingerprint density at radius 2 is 2.06 bits per heavy atom. The molecule has 3 rings (SSSR count). The van der Waals surface area contributed by atoms with E-state index in [0.717, 1.165) is 6.42 Å². The normalized spacial score (nSPS) is 16.8. The molecule has 0 amide bonds. The molecule has 0 heterocycles. The number of halogens is 1. The number of rotatable bonds is 3. The number of fused-ring (bicyclic) bond motifs is 1. The molecule has 0 radical (unpaired) electrons. The third-order valence-corrected chi connectivity index (χ3v) is 3.61. The van der Waals surface area contributed by atoms with Gasteiger partial charge in [0, 0.05) is 10.9 Å². The quantitative estimate of drug-likeness (QED) is 0.854. The predicted octanol–water partition coefficient (Wildman–Crippen LogP) is 3.64. The Morgan fingerprint density at radius 3 is 2.83 bits per heavy atom. The smallest absolute Gasteiger partial charge is 0.142 e. The van der Waals surface area contributed by atoms with Crippen LogP contribution < -0.4 is 10.5 Å². The highest BCUT2D eigenvalue weighted by molar-refractivity contribution is 6.30. The second-order valence-electron chi connectivity index (χ2n) is 4.59. The summed E-state index contributed by atoms with van der Waals surface area (Å²) in [5, 5.41) is 0.633. The van der Waals surface area contributed by atoms with Crippen LogP contribution in [-0.4, -0.2) is 6.61 Å². The second kappa shape index (κ2) is 4.54. The van der Waals surface area contributed by atoms with Crippen molar-refractivity contribution in [2.75, 3.05) is 12.3 Å². The molecule has 2 aromatic rings. The Balaban J connectivity index is 1.66. The lowest BCUT2D eigenvalue weighted by atomic mass is 9.78. The van der Waals surface area contributed by atoms with E-state index in [2.05, 4.69) is 24.3 Å². The molecule has 92 valence electrons. The number of anilines is 1. The van der Waals surface area contributed by atoms with Crippen LogP contribution in [0.2, 0.25) is 5.02 Å². The van der Waals surface area contributed by atoms with Gasteiger partial charge < -0.3 is 10.5 Å². The molecule has 0 spiro atoms. The first-order chi connectivity index (χ1) is 8.74. The minimum absolute atomic E-state index is 0.483. The fourth-order valence-electron chi connectivity index (χ4n) is 2.35. The first kappa shape index (κ1) is 11.4. The van der Waals surface area contributed by atoms with Crippen molar-refractivity contribution >= 4 is 17.3 Å². The maximum atomic E-state index is 5.85. The van der Waals surface area contributed by atoms with Crippen molar-refractivity contribution in [2.45, 2.75) is 12.3 Å². The van der Waals surface area contributed by atoms with Gasteiger partial charge in [-0.25, -0.2) is 0 Å². The minimum Gasteiger partial charge on any atom is -0.491 e. The van der Waals surface area contributed by atoms with Crippen LogP contribution in [0.3, 0.4) is 0 Å². The van der Waals surface area contributed by atoms with Crippen LogP contribution in [0, 0.1) is 0 Å². The van der Waals surface area contributed by atoms with E-state index in [1.54, 1.807) is 12.1 Å². The average Bonchev–Trinajstić information content (AvgIpc) is 2.33. The molecule has 1 aliphatic rings. The van der Waals surface area contributed by atoms with E-state index >= 15 is 0 Å². The molecule has 0 bridgehead atoms. The maximum Gasteiger partial charge on any atom is 0.142 e. The molecule has 3 heteroatoms.